The molecule has 0 bridgehead atoms. The zero-order valence-corrected chi connectivity index (χ0v) is 18.8. The topological polar surface area (TPSA) is 104 Å². The smallest absolute Gasteiger partial charge is 0.387 e. The number of alkyl halides is 2. The Labute approximate surface area is 197 Å². The zero-order chi connectivity index (χ0) is 24.5. The molecule has 0 aliphatic rings. The number of halogens is 2. The van der Waals surface area contributed by atoms with Crippen LogP contribution in [-0.4, -0.2) is 42.6 Å². The zero-order valence-electron chi connectivity index (χ0n) is 18.0. The van der Waals surface area contributed by atoms with Crippen molar-refractivity contribution in [1.29, 1.82) is 0 Å². The first-order valence-electron chi connectivity index (χ1n) is 10.1. The summed E-state index contributed by atoms with van der Waals surface area (Å²) in [6, 6.07) is 12.2. The molecule has 1 aromatic heterocycles. The maximum absolute atomic E-state index is 12.2. The van der Waals surface area contributed by atoms with Gasteiger partial charge in [-0.1, -0.05) is 12.1 Å². The highest BCUT2D eigenvalue weighted by Crippen LogP contribution is 2.32. The van der Waals surface area contributed by atoms with Crippen molar-refractivity contribution in [3.8, 4) is 22.1 Å². The van der Waals surface area contributed by atoms with Gasteiger partial charge in [0.15, 0.2) is 6.61 Å². The number of carbonyl (C=O) groups excluding carboxylic acids is 3. The molecule has 2 aromatic carbocycles. The van der Waals surface area contributed by atoms with Crippen LogP contribution < -0.4 is 14.8 Å². The fourth-order valence-corrected chi connectivity index (χ4v) is 3.65. The molecule has 34 heavy (non-hydrogen) atoms. The van der Waals surface area contributed by atoms with Gasteiger partial charge in [0.2, 0.25) is 0 Å². The van der Waals surface area contributed by atoms with E-state index in [0.29, 0.717) is 23.1 Å². The maximum Gasteiger partial charge on any atom is 0.387 e. The molecule has 0 unspecified atom stereocenters. The predicted molar refractivity (Wildman–Crippen MR) is 119 cm³/mol. The third-order valence-corrected chi connectivity index (χ3v) is 5.18. The Bertz CT molecular complexity index is 1150. The molecule has 3 rings (SSSR count). The Hall–Kier alpha value is -3.86. The molecule has 0 fully saturated rings. The summed E-state index contributed by atoms with van der Waals surface area (Å²) >= 11 is 1.35. The van der Waals surface area contributed by atoms with Gasteiger partial charge in [-0.3, -0.25) is 19.7 Å². The second kappa shape index (κ2) is 11.8. The summed E-state index contributed by atoms with van der Waals surface area (Å²) in [6.45, 7) is -1.27. The molecule has 178 valence electrons. The Balaban J connectivity index is 1.48. The third-order valence-electron chi connectivity index (χ3n) is 4.25. The van der Waals surface area contributed by atoms with Crippen LogP contribution in [-0.2, 0) is 20.7 Å². The number of nitrogens with one attached hydrogen (secondary N) is 1. The number of aromatic nitrogens is 1. The van der Waals surface area contributed by atoms with Crippen LogP contribution in [0.15, 0.2) is 53.9 Å². The highest BCUT2D eigenvalue weighted by atomic mass is 32.1. The Kier molecular flexibility index (Phi) is 8.63. The number of para-hydroxylation sites is 1. The van der Waals surface area contributed by atoms with E-state index in [1.165, 1.54) is 35.6 Å². The molecule has 2 amide bonds. The summed E-state index contributed by atoms with van der Waals surface area (Å²) in [5.41, 5.74) is 1.32. The number of ether oxygens (including phenoxy) is 3. The summed E-state index contributed by atoms with van der Waals surface area (Å²) in [7, 11) is 0. The van der Waals surface area contributed by atoms with Crippen molar-refractivity contribution >= 4 is 29.1 Å². The predicted octanol–water partition coefficient (Wildman–Crippen LogP) is 3.85. The summed E-state index contributed by atoms with van der Waals surface area (Å²) in [5.74, 6) is -1.74. The Morgan fingerprint density at radius 2 is 1.82 bits per heavy atom. The van der Waals surface area contributed by atoms with Gasteiger partial charge in [0.1, 0.15) is 16.5 Å². The number of benzene rings is 2. The van der Waals surface area contributed by atoms with E-state index < -0.39 is 31.0 Å². The number of nitrogens with zero attached hydrogens (tertiary/aromatic N) is 1. The van der Waals surface area contributed by atoms with Crippen molar-refractivity contribution in [2.45, 2.75) is 20.0 Å². The van der Waals surface area contributed by atoms with Crippen LogP contribution in [0.2, 0.25) is 0 Å². The molecule has 11 heteroatoms. The van der Waals surface area contributed by atoms with Crippen molar-refractivity contribution in [2.24, 2.45) is 0 Å². The summed E-state index contributed by atoms with van der Waals surface area (Å²) in [5, 5.41) is 4.44. The molecule has 1 N–H and O–H groups in total. The van der Waals surface area contributed by atoms with E-state index in [-0.39, 0.29) is 17.7 Å². The number of hydrogen-bond acceptors (Lipinski definition) is 8. The second-order valence-corrected chi connectivity index (χ2v) is 7.55. The van der Waals surface area contributed by atoms with E-state index in [4.69, 9.17) is 9.47 Å². The summed E-state index contributed by atoms with van der Waals surface area (Å²) < 4.78 is 39.0. The van der Waals surface area contributed by atoms with E-state index in [1.54, 1.807) is 5.38 Å². The fourth-order valence-electron chi connectivity index (χ4n) is 2.80. The summed E-state index contributed by atoms with van der Waals surface area (Å²) in [6.07, 6.45) is -0.153. The molecule has 0 aliphatic carbocycles. The molecule has 3 aromatic rings. The molecule has 0 aliphatic heterocycles. The maximum atomic E-state index is 12.2. The standard InChI is InChI=1S/C23H20F2N2O6S/c1-2-31-18-6-4-3-5-17(18)22-26-15(13-34-22)11-20(29)32-12-19(28)27-21(30)14-7-9-16(10-8-14)33-23(24)25/h3-10,13,23H,2,11-12H2,1H3,(H,27,28,30). The first-order valence-corrected chi connectivity index (χ1v) is 10.9. The number of esters is 1. The number of amides is 2. The summed E-state index contributed by atoms with van der Waals surface area (Å²) in [4.78, 5) is 40.5. The van der Waals surface area contributed by atoms with Gasteiger partial charge < -0.3 is 14.2 Å². The van der Waals surface area contributed by atoms with E-state index in [1.807, 2.05) is 36.5 Å². The lowest BCUT2D eigenvalue weighted by atomic mass is 10.2. The van der Waals surface area contributed by atoms with Gasteiger partial charge in [0.05, 0.1) is 24.3 Å². The van der Waals surface area contributed by atoms with Crippen LogP contribution in [0.5, 0.6) is 11.5 Å². The Morgan fingerprint density at radius 1 is 1.09 bits per heavy atom. The lowest BCUT2D eigenvalue weighted by Gasteiger charge is -2.07. The molecular weight excluding hydrogens is 470 g/mol. The highest BCUT2D eigenvalue weighted by molar-refractivity contribution is 7.13. The first-order chi connectivity index (χ1) is 16.4. The van der Waals surface area contributed by atoms with Crippen molar-refractivity contribution in [3.05, 3.63) is 65.2 Å². The number of hydrogen-bond donors (Lipinski definition) is 1. The molecule has 0 radical (unpaired) electrons. The Morgan fingerprint density at radius 3 is 2.53 bits per heavy atom. The molecule has 0 saturated heterocycles. The van der Waals surface area contributed by atoms with E-state index in [2.05, 4.69) is 9.72 Å². The van der Waals surface area contributed by atoms with Crippen LogP contribution in [0.4, 0.5) is 8.78 Å². The number of thiazole rings is 1. The molecule has 8 nitrogen and oxygen atoms in total. The van der Waals surface area contributed by atoms with Crippen LogP contribution >= 0.6 is 11.3 Å². The third kappa shape index (κ3) is 7.07. The van der Waals surface area contributed by atoms with E-state index >= 15 is 0 Å². The quantitative estimate of drug-likeness (QED) is 0.431. The highest BCUT2D eigenvalue weighted by Gasteiger charge is 2.16. The second-order valence-electron chi connectivity index (χ2n) is 6.69. The van der Waals surface area contributed by atoms with Gasteiger partial charge in [-0.2, -0.15) is 8.78 Å². The largest absolute Gasteiger partial charge is 0.493 e. The molecule has 0 spiro atoms. The minimum Gasteiger partial charge on any atom is -0.493 e. The van der Waals surface area contributed by atoms with Gasteiger partial charge in [0, 0.05) is 10.9 Å². The molecule has 1 heterocycles. The first kappa shape index (κ1) is 24.8. The van der Waals surface area contributed by atoms with Crippen LogP contribution in [0.1, 0.15) is 23.0 Å². The van der Waals surface area contributed by atoms with Crippen molar-refractivity contribution in [1.82, 2.24) is 10.3 Å². The number of rotatable bonds is 10. The average Bonchev–Trinajstić information content (AvgIpc) is 3.26. The van der Waals surface area contributed by atoms with Gasteiger partial charge in [-0.15, -0.1) is 11.3 Å². The number of carbonyl (C=O) groups is 3. The van der Waals surface area contributed by atoms with E-state index in [0.717, 1.165) is 5.56 Å². The van der Waals surface area contributed by atoms with Crippen molar-refractivity contribution in [3.63, 3.8) is 0 Å². The molecule has 0 atom stereocenters. The van der Waals surface area contributed by atoms with Crippen LogP contribution in [0.3, 0.4) is 0 Å². The van der Waals surface area contributed by atoms with Crippen molar-refractivity contribution < 1.29 is 37.4 Å². The van der Waals surface area contributed by atoms with Gasteiger partial charge in [-0.25, -0.2) is 4.98 Å². The number of imide groups is 1. The average molecular weight is 490 g/mol. The lowest BCUT2D eigenvalue weighted by Crippen LogP contribution is -2.34. The van der Waals surface area contributed by atoms with Crippen molar-refractivity contribution in [2.75, 3.05) is 13.2 Å². The van der Waals surface area contributed by atoms with Gasteiger partial charge in [-0.05, 0) is 43.3 Å². The van der Waals surface area contributed by atoms with Crippen LogP contribution in [0, 0.1) is 0 Å². The fraction of sp³-hybridized carbons (Fsp3) is 0.217. The minimum absolute atomic E-state index is 0.0450. The van der Waals surface area contributed by atoms with E-state index in [9.17, 15) is 23.2 Å². The monoisotopic (exact) mass is 490 g/mol. The van der Waals surface area contributed by atoms with Gasteiger partial charge >= 0.3 is 12.6 Å². The lowest BCUT2D eigenvalue weighted by molar-refractivity contribution is -0.147. The normalized spacial score (nSPS) is 10.6. The van der Waals surface area contributed by atoms with Gasteiger partial charge in [0.25, 0.3) is 11.8 Å². The minimum atomic E-state index is -2.99. The SMILES string of the molecule is CCOc1ccccc1-c1nc(CC(=O)OCC(=O)NC(=O)c2ccc(OC(F)F)cc2)cs1. The molecular formula is C23H20F2N2O6S. The molecule has 0 saturated carbocycles. The van der Waals surface area contributed by atoms with Crippen LogP contribution in [0.25, 0.3) is 10.6 Å².